The third kappa shape index (κ3) is 9.85. The molecule has 282 valence electrons. The van der Waals surface area contributed by atoms with E-state index in [1.807, 2.05) is 62.4 Å². The normalized spacial score (nSPS) is 10.3. The van der Waals surface area contributed by atoms with Gasteiger partial charge >= 0.3 is 41.5 Å². The van der Waals surface area contributed by atoms with Crippen molar-refractivity contribution >= 4 is 57.0 Å². The third-order valence-electron chi connectivity index (χ3n) is 8.00. The maximum atomic E-state index is 11.7. The molecular formula is C39H33N10NaO7. The second-order valence-corrected chi connectivity index (χ2v) is 11.9. The Bertz CT molecular complexity index is 2630. The quantitative estimate of drug-likeness (QED) is 0.0933. The Morgan fingerprint density at radius 1 is 0.614 bits per heavy atom. The maximum absolute atomic E-state index is 11.7. The van der Waals surface area contributed by atoms with Gasteiger partial charge < -0.3 is 35.4 Å². The molecule has 0 aliphatic heterocycles. The second kappa shape index (κ2) is 18.6. The van der Waals surface area contributed by atoms with Gasteiger partial charge in [0.2, 0.25) is 0 Å². The minimum Gasteiger partial charge on any atom is -0.870 e. The third-order valence-corrected chi connectivity index (χ3v) is 8.00. The van der Waals surface area contributed by atoms with Gasteiger partial charge in [0.25, 0.3) is 0 Å². The van der Waals surface area contributed by atoms with Crippen molar-refractivity contribution in [3.63, 3.8) is 0 Å². The number of nitrogens with zero attached hydrogens (tertiary/aromatic N) is 6. The Hall–Kier alpha value is -6.92. The first-order chi connectivity index (χ1) is 26.7. The minimum atomic E-state index is -1.10. The number of anilines is 4. The molecule has 17 nitrogen and oxygen atoms in total. The number of hydrogen-bond donors (Lipinski definition) is 5. The van der Waals surface area contributed by atoms with Crippen LogP contribution in [0.5, 0.6) is 23.0 Å². The van der Waals surface area contributed by atoms with E-state index in [0.717, 1.165) is 11.1 Å². The molecule has 6 N–H and O–H groups in total. The number of ether oxygens (including phenoxy) is 3. The zero-order valence-electron chi connectivity index (χ0n) is 31.0. The zero-order valence-corrected chi connectivity index (χ0v) is 33.0. The number of benzene rings is 2. The molecule has 0 radical (unpaired) electrons. The van der Waals surface area contributed by atoms with Crippen molar-refractivity contribution in [2.24, 2.45) is 0 Å². The molecule has 0 bridgehead atoms. The number of aryl methyl sites for hydroxylation is 2. The number of aromatic carboxylic acids is 1. The van der Waals surface area contributed by atoms with Crippen molar-refractivity contribution in [3.05, 3.63) is 132 Å². The number of carbonyl (C=O) groups excluding carboxylic acids is 1. The van der Waals surface area contributed by atoms with Gasteiger partial charge in [-0.25, -0.2) is 29.5 Å². The number of aromatic amines is 2. The Kier molecular flexibility index (Phi) is 13.5. The molecule has 0 aliphatic carbocycles. The van der Waals surface area contributed by atoms with E-state index in [9.17, 15) is 9.59 Å². The van der Waals surface area contributed by atoms with Crippen LogP contribution in [0.2, 0.25) is 0 Å². The van der Waals surface area contributed by atoms with Crippen LogP contribution in [0.15, 0.2) is 110 Å². The number of rotatable bonds is 10. The Morgan fingerprint density at radius 3 is 1.47 bits per heavy atom. The molecule has 8 aromatic rings. The number of aromatic nitrogens is 8. The largest absolute Gasteiger partial charge is 1.00 e. The molecule has 6 heterocycles. The fourth-order valence-electron chi connectivity index (χ4n) is 5.29. The van der Waals surface area contributed by atoms with Crippen molar-refractivity contribution in [2.45, 2.75) is 13.8 Å². The summed E-state index contributed by atoms with van der Waals surface area (Å²) in [6.07, 6.45) is 6.20. The standard InChI is InChI=1S/C20H17N5O3.C19H15N5O3.Na.H2O/c1-12-3-5-14(6-4-12)28-16-8-10-22-18-17(16)19(25-24-18)23-13-7-9-21-15(11-13)20(26)27-2;1-11-2-4-13(5-3-11)27-15-7-9-21-17-16(15)18(24-23-17)22-12-6-8-20-14(10-12)19(25)26;;/h3-11H,1-2H3,(H2,21,22,23,24,25);2-10H,1H3,(H,25,26)(H2,20,21,22,23,24);;1H2/q;;+1;/p-1. The number of methoxy groups -OCH3 is 1. The van der Waals surface area contributed by atoms with Crippen LogP contribution < -0.4 is 49.7 Å². The number of carboxylic acid groups (broad SMARTS) is 1. The summed E-state index contributed by atoms with van der Waals surface area (Å²) in [7, 11) is 1.31. The zero-order chi connectivity index (χ0) is 38.3. The Morgan fingerprint density at radius 2 is 1.04 bits per heavy atom. The first-order valence-electron chi connectivity index (χ1n) is 16.7. The molecular weight excluding hydrogens is 743 g/mol. The summed E-state index contributed by atoms with van der Waals surface area (Å²) in [6.45, 7) is 4.02. The van der Waals surface area contributed by atoms with Gasteiger partial charge in [0.05, 0.1) is 7.11 Å². The molecule has 0 aliphatic rings. The van der Waals surface area contributed by atoms with Crippen molar-refractivity contribution < 1.29 is 63.9 Å². The number of carbonyl (C=O) groups is 2. The molecule has 0 saturated heterocycles. The molecule has 57 heavy (non-hydrogen) atoms. The second-order valence-electron chi connectivity index (χ2n) is 11.9. The number of hydrogen-bond acceptors (Lipinski definition) is 14. The van der Waals surface area contributed by atoms with E-state index in [1.54, 1.807) is 42.7 Å². The summed E-state index contributed by atoms with van der Waals surface area (Å²) in [4.78, 5) is 39.1. The predicted octanol–water partition coefficient (Wildman–Crippen LogP) is 4.71. The van der Waals surface area contributed by atoms with E-state index in [2.05, 4.69) is 51.0 Å². The Balaban J connectivity index is 0.000000210. The molecule has 0 atom stereocenters. The van der Waals surface area contributed by atoms with Crippen molar-refractivity contribution in [1.82, 2.24) is 40.3 Å². The number of fused-ring (bicyclic) bond motifs is 2. The molecule has 0 unspecified atom stereocenters. The molecule has 18 heteroatoms. The van der Waals surface area contributed by atoms with Gasteiger partial charge in [-0.1, -0.05) is 35.4 Å². The van der Waals surface area contributed by atoms with Gasteiger partial charge in [-0.2, -0.15) is 10.2 Å². The van der Waals surface area contributed by atoms with Crippen molar-refractivity contribution in [2.75, 3.05) is 17.7 Å². The summed E-state index contributed by atoms with van der Waals surface area (Å²) in [5, 5.41) is 31.0. The van der Waals surface area contributed by atoms with Crippen molar-refractivity contribution in [3.8, 4) is 23.0 Å². The number of esters is 1. The molecule has 0 amide bonds. The van der Waals surface area contributed by atoms with Crippen LogP contribution in [-0.2, 0) is 4.74 Å². The Labute approximate surface area is 346 Å². The van der Waals surface area contributed by atoms with Gasteiger partial charge in [0.15, 0.2) is 11.3 Å². The molecule has 2 aromatic carbocycles. The maximum Gasteiger partial charge on any atom is 1.00 e. The fourth-order valence-corrected chi connectivity index (χ4v) is 5.29. The van der Waals surface area contributed by atoms with Crippen LogP contribution in [0.3, 0.4) is 0 Å². The number of H-pyrrole nitrogens is 2. The van der Waals surface area contributed by atoms with Gasteiger partial charge in [-0.15, -0.1) is 0 Å². The number of pyridine rings is 4. The fraction of sp³-hybridized carbons (Fsp3) is 0.0769. The molecule has 0 saturated carbocycles. The van der Waals surface area contributed by atoms with Crippen LogP contribution in [0, 0.1) is 13.8 Å². The summed E-state index contributed by atoms with van der Waals surface area (Å²) >= 11 is 0. The van der Waals surface area contributed by atoms with Crippen LogP contribution in [0.1, 0.15) is 32.1 Å². The monoisotopic (exact) mass is 776 g/mol. The topological polar surface area (TPSA) is 245 Å². The van der Waals surface area contributed by atoms with Crippen molar-refractivity contribution in [1.29, 1.82) is 0 Å². The summed E-state index contributed by atoms with van der Waals surface area (Å²) in [6, 6.07) is 25.4. The first-order valence-corrected chi connectivity index (χ1v) is 16.7. The van der Waals surface area contributed by atoms with E-state index in [4.69, 9.17) is 19.3 Å². The van der Waals surface area contributed by atoms with Gasteiger partial charge in [0.1, 0.15) is 56.8 Å². The SMILES string of the molecule is COC(=O)c1cc(Nc2[nH]nc3nccc(Oc4ccc(C)cc4)c23)ccn1.Cc1ccc(Oc2ccnc3n[nH]c(Nc4ccnc(C(=O)O)c4)c23)cc1.[Na+].[OH-]. The van der Waals surface area contributed by atoms with E-state index < -0.39 is 11.9 Å². The van der Waals surface area contributed by atoms with Crippen LogP contribution in [-0.4, -0.2) is 70.0 Å². The molecule has 0 fully saturated rings. The molecule has 0 spiro atoms. The minimum absolute atomic E-state index is 0. The van der Waals surface area contributed by atoms with Gasteiger partial charge in [-0.3, -0.25) is 10.2 Å². The summed E-state index contributed by atoms with van der Waals surface area (Å²) in [5.41, 5.74) is 4.62. The summed E-state index contributed by atoms with van der Waals surface area (Å²) < 4.78 is 16.7. The van der Waals surface area contributed by atoms with E-state index in [0.29, 0.717) is 68.1 Å². The number of nitrogens with one attached hydrogen (secondary N) is 4. The smallest absolute Gasteiger partial charge is 0.870 e. The predicted molar refractivity (Wildman–Crippen MR) is 206 cm³/mol. The average molecular weight is 777 g/mol. The van der Waals surface area contributed by atoms with Crippen LogP contribution in [0.4, 0.5) is 23.0 Å². The van der Waals surface area contributed by atoms with Crippen LogP contribution >= 0.6 is 0 Å². The van der Waals surface area contributed by atoms with E-state index in [1.165, 1.54) is 25.6 Å². The van der Waals surface area contributed by atoms with Crippen LogP contribution in [0.25, 0.3) is 22.1 Å². The molecule has 6 aromatic heterocycles. The number of carboxylic acids is 1. The van der Waals surface area contributed by atoms with E-state index in [-0.39, 0.29) is 46.4 Å². The van der Waals surface area contributed by atoms with E-state index >= 15 is 0 Å². The average Bonchev–Trinajstić information content (AvgIpc) is 3.81. The molecule has 8 rings (SSSR count). The summed E-state index contributed by atoms with van der Waals surface area (Å²) in [5.74, 6) is 2.11. The van der Waals surface area contributed by atoms with Gasteiger partial charge in [-0.05, 0) is 62.4 Å². The first kappa shape index (κ1) is 41.2. The van der Waals surface area contributed by atoms with Gasteiger partial charge in [0, 0.05) is 48.3 Å².